The highest BCUT2D eigenvalue weighted by Crippen LogP contribution is 2.23. The van der Waals surface area contributed by atoms with Crippen LogP contribution in [-0.4, -0.2) is 18.4 Å². The fourth-order valence-electron chi connectivity index (χ4n) is 1.95. The van der Waals surface area contributed by atoms with Crippen molar-refractivity contribution in [3.8, 4) is 0 Å². The number of Topliss-reactive ketones (excluding diaryl/α,β-unsaturated/α-hetero) is 1. The molecule has 0 aromatic carbocycles. The monoisotopic (exact) mass is 236 g/mol. The molecule has 1 unspecified atom stereocenters. The molecule has 0 heterocycles. The van der Waals surface area contributed by atoms with E-state index in [-0.39, 0.29) is 11.9 Å². The predicted molar refractivity (Wildman–Crippen MR) is 66.5 cm³/mol. The molecule has 1 rings (SSSR count). The molecule has 0 radical (unpaired) electrons. The van der Waals surface area contributed by atoms with E-state index in [9.17, 15) is 9.59 Å². The Morgan fingerprint density at radius 1 is 1.41 bits per heavy atom. The first-order chi connectivity index (χ1) is 8.24. The SMILES string of the molecule is CCOC(=O)/C=C/C=C/CC1CCCCC1=O. The van der Waals surface area contributed by atoms with E-state index < -0.39 is 0 Å². The lowest BCUT2D eigenvalue weighted by Crippen LogP contribution is -2.17. The van der Waals surface area contributed by atoms with Crippen molar-refractivity contribution in [1.82, 2.24) is 0 Å². The van der Waals surface area contributed by atoms with Crippen LogP contribution in [0.2, 0.25) is 0 Å². The molecule has 1 saturated carbocycles. The van der Waals surface area contributed by atoms with Crippen LogP contribution in [0, 0.1) is 5.92 Å². The lowest BCUT2D eigenvalue weighted by Gasteiger charge is -2.18. The van der Waals surface area contributed by atoms with Crippen LogP contribution in [0.1, 0.15) is 39.0 Å². The van der Waals surface area contributed by atoms with Crippen LogP contribution in [0.4, 0.5) is 0 Å². The Kier molecular flexibility index (Phi) is 6.30. The summed E-state index contributed by atoms with van der Waals surface area (Å²) in [6.45, 7) is 2.17. The maximum absolute atomic E-state index is 11.5. The summed E-state index contributed by atoms with van der Waals surface area (Å²) in [5.41, 5.74) is 0. The number of ether oxygens (including phenoxy) is 1. The molecule has 0 bridgehead atoms. The summed E-state index contributed by atoms with van der Waals surface area (Å²) in [5, 5.41) is 0. The van der Waals surface area contributed by atoms with E-state index >= 15 is 0 Å². The number of carbonyl (C=O) groups is 2. The van der Waals surface area contributed by atoms with Crippen LogP contribution in [0.25, 0.3) is 0 Å². The van der Waals surface area contributed by atoms with Gasteiger partial charge in [0.15, 0.2) is 0 Å². The highest BCUT2D eigenvalue weighted by Gasteiger charge is 2.20. The third-order valence-electron chi connectivity index (χ3n) is 2.87. The number of ketones is 1. The largest absolute Gasteiger partial charge is 0.463 e. The molecule has 3 heteroatoms. The van der Waals surface area contributed by atoms with E-state index in [0.29, 0.717) is 12.4 Å². The minimum absolute atomic E-state index is 0.191. The molecule has 1 fully saturated rings. The van der Waals surface area contributed by atoms with Crippen molar-refractivity contribution in [2.24, 2.45) is 5.92 Å². The van der Waals surface area contributed by atoms with Gasteiger partial charge < -0.3 is 4.74 Å². The standard InChI is InChI=1S/C14H20O3/c1-2-17-14(16)11-5-3-4-8-12-9-6-7-10-13(12)15/h3-5,11-12H,2,6-10H2,1H3/b4-3+,11-5+. The lowest BCUT2D eigenvalue weighted by atomic mass is 9.86. The van der Waals surface area contributed by atoms with Gasteiger partial charge in [0.1, 0.15) is 5.78 Å². The fourth-order valence-corrected chi connectivity index (χ4v) is 1.95. The van der Waals surface area contributed by atoms with Gasteiger partial charge in [-0.15, -0.1) is 0 Å². The summed E-state index contributed by atoms with van der Waals surface area (Å²) < 4.78 is 4.74. The summed E-state index contributed by atoms with van der Waals surface area (Å²) in [6.07, 6.45) is 11.5. The Morgan fingerprint density at radius 2 is 2.24 bits per heavy atom. The van der Waals surface area contributed by atoms with Crippen LogP contribution >= 0.6 is 0 Å². The van der Waals surface area contributed by atoms with Crippen molar-refractivity contribution in [3.63, 3.8) is 0 Å². The van der Waals surface area contributed by atoms with Gasteiger partial charge in [-0.2, -0.15) is 0 Å². The normalized spacial score (nSPS) is 21.2. The van der Waals surface area contributed by atoms with E-state index in [1.165, 1.54) is 6.08 Å². The smallest absolute Gasteiger partial charge is 0.330 e. The molecule has 0 saturated heterocycles. The number of allylic oxidation sites excluding steroid dienone is 3. The zero-order valence-electron chi connectivity index (χ0n) is 10.4. The van der Waals surface area contributed by atoms with Crippen LogP contribution in [0.3, 0.4) is 0 Å². The summed E-state index contributed by atoms with van der Waals surface area (Å²) in [6, 6.07) is 0. The van der Waals surface area contributed by atoms with E-state index in [4.69, 9.17) is 4.74 Å². The van der Waals surface area contributed by atoms with Crippen LogP contribution < -0.4 is 0 Å². The highest BCUT2D eigenvalue weighted by molar-refractivity contribution is 5.82. The van der Waals surface area contributed by atoms with Gasteiger partial charge >= 0.3 is 5.97 Å². The molecule has 1 atom stereocenters. The third-order valence-corrected chi connectivity index (χ3v) is 2.87. The van der Waals surface area contributed by atoms with Crippen LogP contribution in [0.15, 0.2) is 24.3 Å². The van der Waals surface area contributed by atoms with Crippen LogP contribution in [-0.2, 0) is 14.3 Å². The van der Waals surface area contributed by atoms with Gasteiger partial charge in [0.05, 0.1) is 6.61 Å². The Hall–Kier alpha value is -1.38. The summed E-state index contributed by atoms with van der Waals surface area (Å²) in [4.78, 5) is 22.5. The van der Waals surface area contributed by atoms with Gasteiger partial charge in [-0.3, -0.25) is 4.79 Å². The molecular weight excluding hydrogens is 216 g/mol. The second-order valence-electron chi connectivity index (χ2n) is 4.18. The van der Waals surface area contributed by atoms with Crippen molar-refractivity contribution in [2.45, 2.75) is 39.0 Å². The summed E-state index contributed by atoms with van der Waals surface area (Å²) >= 11 is 0. The molecule has 0 N–H and O–H groups in total. The van der Waals surface area contributed by atoms with E-state index in [0.717, 1.165) is 32.1 Å². The number of rotatable bonds is 5. The van der Waals surface area contributed by atoms with Crippen molar-refractivity contribution in [3.05, 3.63) is 24.3 Å². The fraction of sp³-hybridized carbons (Fsp3) is 0.571. The van der Waals surface area contributed by atoms with Gasteiger partial charge in [-0.05, 0) is 26.2 Å². The first kappa shape index (κ1) is 13.7. The molecule has 0 aliphatic heterocycles. The van der Waals surface area contributed by atoms with Gasteiger partial charge in [0, 0.05) is 18.4 Å². The number of esters is 1. The minimum Gasteiger partial charge on any atom is -0.463 e. The zero-order valence-corrected chi connectivity index (χ0v) is 10.4. The lowest BCUT2D eigenvalue weighted by molar-refractivity contribution is -0.137. The topological polar surface area (TPSA) is 43.4 Å². The highest BCUT2D eigenvalue weighted by atomic mass is 16.5. The molecule has 0 aromatic rings. The Labute approximate surface area is 103 Å². The van der Waals surface area contributed by atoms with Gasteiger partial charge in [-0.25, -0.2) is 4.79 Å². The van der Waals surface area contributed by atoms with Crippen molar-refractivity contribution >= 4 is 11.8 Å². The molecule has 0 spiro atoms. The van der Waals surface area contributed by atoms with Crippen LogP contribution in [0.5, 0.6) is 0 Å². The molecule has 0 aromatic heterocycles. The Morgan fingerprint density at radius 3 is 2.94 bits per heavy atom. The second kappa shape index (κ2) is 7.82. The maximum Gasteiger partial charge on any atom is 0.330 e. The Balaban J connectivity index is 2.25. The van der Waals surface area contributed by atoms with E-state index in [2.05, 4.69) is 0 Å². The average molecular weight is 236 g/mol. The van der Waals surface area contributed by atoms with Crippen molar-refractivity contribution in [2.75, 3.05) is 6.61 Å². The van der Waals surface area contributed by atoms with Gasteiger partial charge in [-0.1, -0.05) is 24.6 Å². The molecule has 3 nitrogen and oxygen atoms in total. The maximum atomic E-state index is 11.5. The second-order valence-corrected chi connectivity index (χ2v) is 4.18. The Bertz CT molecular complexity index is 315. The molecule has 1 aliphatic rings. The first-order valence-corrected chi connectivity index (χ1v) is 6.26. The van der Waals surface area contributed by atoms with E-state index in [1.807, 2.05) is 6.08 Å². The summed E-state index contributed by atoms with van der Waals surface area (Å²) in [5.74, 6) is 0.247. The molecular formula is C14H20O3. The minimum atomic E-state index is -0.328. The quantitative estimate of drug-likeness (QED) is 0.419. The van der Waals surface area contributed by atoms with E-state index in [1.54, 1.807) is 19.1 Å². The third kappa shape index (κ3) is 5.48. The van der Waals surface area contributed by atoms with Gasteiger partial charge in [0.25, 0.3) is 0 Å². The molecule has 94 valence electrons. The molecule has 1 aliphatic carbocycles. The number of hydrogen-bond acceptors (Lipinski definition) is 3. The number of hydrogen-bond donors (Lipinski definition) is 0. The van der Waals surface area contributed by atoms with Crippen molar-refractivity contribution in [1.29, 1.82) is 0 Å². The summed E-state index contributed by atoms with van der Waals surface area (Å²) in [7, 11) is 0. The number of carbonyl (C=O) groups excluding carboxylic acids is 2. The molecule has 17 heavy (non-hydrogen) atoms. The zero-order chi connectivity index (χ0) is 12.5. The molecule has 0 amide bonds. The average Bonchev–Trinajstić information content (AvgIpc) is 2.31. The predicted octanol–water partition coefficient (Wildman–Crippen LogP) is 2.81. The van der Waals surface area contributed by atoms with Crippen molar-refractivity contribution < 1.29 is 14.3 Å². The van der Waals surface area contributed by atoms with Gasteiger partial charge in [0.2, 0.25) is 0 Å². The first-order valence-electron chi connectivity index (χ1n) is 6.26.